The Morgan fingerprint density at radius 2 is 2.07 bits per heavy atom. The zero-order chi connectivity index (χ0) is 20.5. The van der Waals surface area contributed by atoms with Crippen LogP contribution in [0.1, 0.15) is 16.1 Å². The molecule has 0 aliphatic heterocycles. The molecule has 7 nitrogen and oxygen atoms in total. The number of aromatic nitrogens is 5. The Hall–Kier alpha value is -3.36. The lowest BCUT2D eigenvalue weighted by atomic mass is 10.2. The van der Waals surface area contributed by atoms with E-state index < -0.39 is 0 Å². The number of hydrogen-bond donors (Lipinski definition) is 3. The molecule has 5 aromatic rings. The molecule has 0 bridgehead atoms. The molecule has 3 aromatic heterocycles. The minimum absolute atomic E-state index is 0.206. The van der Waals surface area contributed by atoms with E-state index in [0.717, 1.165) is 32.6 Å². The standard InChI is InChI=1S/C21H15ClN6OS/c22-14-4-5-17-13(7-14)8-18(27-17)20(29)26-15-3-1-2-12(6-15)10-30-21-16-9-25-28-19(16)23-11-24-21/h1-9,11,27H,10H2,(H,26,29)(H,23,24,25,28). The average Bonchev–Trinajstić information content (AvgIpc) is 3.39. The molecule has 0 unspecified atom stereocenters. The highest BCUT2D eigenvalue weighted by Crippen LogP contribution is 2.27. The lowest BCUT2D eigenvalue weighted by Gasteiger charge is -2.07. The second kappa shape index (κ2) is 7.81. The van der Waals surface area contributed by atoms with Crippen LogP contribution in [0.3, 0.4) is 0 Å². The number of hydrogen-bond acceptors (Lipinski definition) is 5. The quantitative estimate of drug-likeness (QED) is 0.266. The molecule has 0 aliphatic carbocycles. The van der Waals surface area contributed by atoms with Gasteiger partial charge in [0.05, 0.1) is 11.6 Å². The Labute approximate surface area is 180 Å². The van der Waals surface area contributed by atoms with Crippen molar-refractivity contribution in [2.24, 2.45) is 0 Å². The molecule has 30 heavy (non-hydrogen) atoms. The minimum atomic E-state index is -0.206. The van der Waals surface area contributed by atoms with Crippen LogP contribution in [0, 0.1) is 0 Å². The van der Waals surface area contributed by atoms with E-state index in [-0.39, 0.29) is 5.91 Å². The van der Waals surface area contributed by atoms with Gasteiger partial charge < -0.3 is 10.3 Å². The highest BCUT2D eigenvalue weighted by molar-refractivity contribution is 7.98. The third-order valence-electron chi connectivity index (χ3n) is 4.60. The summed E-state index contributed by atoms with van der Waals surface area (Å²) in [5, 5.41) is 13.1. The molecular weight excluding hydrogens is 420 g/mol. The molecule has 0 fully saturated rings. The molecule has 148 valence electrons. The molecule has 0 radical (unpaired) electrons. The van der Waals surface area contributed by atoms with Gasteiger partial charge in [-0.15, -0.1) is 11.8 Å². The van der Waals surface area contributed by atoms with Crippen molar-refractivity contribution in [1.82, 2.24) is 25.1 Å². The molecule has 0 saturated carbocycles. The fourth-order valence-corrected chi connectivity index (χ4v) is 4.26. The van der Waals surface area contributed by atoms with Crippen molar-refractivity contribution in [3.63, 3.8) is 0 Å². The van der Waals surface area contributed by atoms with Crippen LogP contribution in [0.4, 0.5) is 5.69 Å². The number of benzene rings is 2. The van der Waals surface area contributed by atoms with E-state index in [2.05, 4.69) is 30.5 Å². The second-order valence-electron chi connectivity index (χ2n) is 6.67. The maximum Gasteiger partial charge on any atom is 0.272 e. The van der Waals surface area contributed by atoms with Crippen LogP contribution >= 0.6 is 23.4 Å². The van der Waals surface area contributed by atoms with Crippen LogP contribution < -0.4 is 5.32 Å². The number of rotatable bonds is 5. The maximum absolute atomic E-state index is 12.7. The summed E-state index contributed by atoms with van der Waals surface area (Å²) < 4.78 is 0. The maximum atomic E-state index is 12.7. The summed E-state index contributed by atoms with van der Waals surface area (Å²) in [7, 11) is 0. The number of nitrogens with one attached hydrogen (secondary N) is 3. The van der Waals surface area contributed by atoms with E-state index in [4.69, 9.17) is 11.6 Å². The molecule has 0 spiro atoms. The van der Waals surface area contributed by atoms with Gasteiger partial charge in [-0.2, -0.15) is 5.10 Å². The fourth-order valence-electron chi connectivity index (χ4n) is 3.17. The molecule has 3 heterocycles. The van der Waals surface area contributed by atoms with Gasteiger partial charge in [0, 0.05) is 27.4 Å². The van der Waals surface area contributed by atoms with E-state index in [1.807, 2.05) is 36.4 Å². The monoisotopic (exact) mass is 434 g/mol. The lowest BCUT2D eigenvalue weighted by Crippen LogP contribution is -2.12. The van der Waals surface area contributed by atoms with Gasteiger partial charge >= 0.3 is 0 Å². The van der Waals surface area contributed by atoms with Gasteiger partial charge in [-0.25, -0.2) is 9.97 Å². The third-order valence-corrected chi connectivity index (χ3v) is 5.91. The molecule has 1 amide bonds. The van der Waals surface area contributed by atoms with Crippen LogP contribution in [-0.4, -0.2) is 31.1 Å². The van der Waals surface area contributed by atoms with E-state index in [9.17, 15) is 4.79 Å². The first-order valence-electron chi connectivity index (χ1n) is 9.11. The van der Waals surface area contributed by atoms with Gasteiger partial charge in [-0.3, -0.25) is 9.89 Å². The topological polar surface area (TPSA) is 99.3 Å². The molecule has 2 aromatic carbocycles. The predicted octanol–water partition coefficient (Wildman–Crippen LogP) is 5.03. The minimum Gasteiger partial charge on any atom is -0.351 e. The van der Waals surface area contributed by atoms with Gasteiger partial charge in [-0.1, -0.05) is 23.7 Å². The average molecular weight is 435 g/mol. The summed E-state index contributed by atoms with van der Waals surface area (Å²) in [6, 6.07) is 15.0. The highest BCUT2D eigenvalue weighted by atomic mass is 35.5. The van der Waals surface area contributed by atoms with Gasteiger partial charge in [0.25, 0.3) is 5.91 Å². The molecule has 0 saturated heterocycles. The lowest BCUT2D eigenvalue weighted by molar-refractivity contribution is 0.102. The molecule has 0 aliphatic rings. The van der Waals surface area contributed by atoms with Gasteiger partial charge in [0.1, 0.15) is 17.0 Å². The van der Waals surface area contributed by atoms with Crippen molar-refractivity contribution in [3.05, 3.63) is 77.3 Å². The van der Waals surface area contributed by atoms with Crippen LogP contribution in [-0.2, 0) is 5.75 Å². The SMILES string of the molecule is O=C(Nc1cccc(CSc2ncnc3[nH]ncc23)c1)c1cc2cc(Cl)ccc2[nH]1. The number of carbonyl (C=O) groups is 1. The zero-order valence-corrected chi connectivity index (χ0v) is 17.1. The van der Waals surface area contributed by atoms with Crippen LogP contribution in [0.2, 0.25) is 5.02 Å². The summed E-state index contributed by atoms with van der Waals surface area (Å²) in [5.74, 6) is 0.495. The van der Waals surface area contributed by atoms with E-state index in [0.29, 0.717) is 22.1 Å². The van der Waals surface area contributed by atoms with Crippen molar-refractivity contribution in [2.75, 3.05) is 5.32 Å². The molecular formula is C21H15ClN6OS. The molecule has 9 heteroatoms. The molecule has 5 rings (SSSR count). The number of thioether (sulfide) groups is 1. The van der Waals surface area contributed by atoms with E-state index >= 15 is 0 Å². The van der Waals surface area contributed by atoms with Crippen LogP contribution in [0.15, 0.2) is 66.1 Å². The Kier molecular flexibility index (Phi) is 4.86. The zero-order valence-electron chi connectivity index (χ0n) is 15.5. The van der Waals surface area contributed by atoms with E-state index in [1.54, 1.807) is 30.1 Å². The summed E-state index contributed by atoms with van der Waals surface area (Å²) in [6.45, 7) is 0. The van der Waals surface area contributed by atoms with Crippen molar-refractivity contribution < 1.29 is 4.79 Å². The van der Waals surface area contributed by atoms with Gasteiger partial charge in [-0.05, 0) is 42.0 Å². The van der Waals surface area contributed by atoms with Crippen molar-refractivity contribution in [1.29, 1.82) is 0 Å². The number of amides is 1. The molecule has 3 N–H and O–H groups in total. The second-order valence-corrected chi connectivity index (χ2v) is 8.07. The van der Waals surface area contributed by atoms with Gasteiger partial charge in [0.2, 0.25) is 0 Å². The number of nitrogens with zero attached hydrogens (tertiary/aromatic N) is 3. The van der Waals surface area contributed by atoms with Crippen LogP contribution in [0.5, 0.6) is 0 Å². The largest absolute Gasteiger partial charge is 0.351 e. The van der Waals surface area contributed by atoms with Gasteiger partial charge in [0.15, 0.2) is 5.65 Å². The first-order chi connectivity index (χ1) is 14.7. The first kappa shape index (κ1) is 18.7. The van der Waals surface area contributed by atoms with Crippen molar-refractivity contribution in [3.8, 4) is 0 Å². The number of carbonyl (C=O) groups excluding carboxylic acids is 1. The fraction of sp³-hybridized carbons (Fsp3) is 0.0476. The normalized spacial score (nSPS) is 11.2. The number of halogens is 1. The Morgan fingerprint density at radius 1 is 1.13 bits per heavy atom. The smallest absolute Gasteiger partial charge is 0.272 e. The third kappa shape index (κ3) is 3.74. The van der Waals surface area contributed by atoms with Crippen molar-refractivity contribution >= 4 is 56.9 Å². The number of aromatic amines is 2. The summed E-state index contributed by atoms with van der Waals surface area (Å²) in [5.41, 5.74) is 3.86. The highest BCUT2D eigenvalue weighted by Gasteiger charge is 2.11. The Morgan fingerprint density at radius 3 is 3.00 bits per heavy atom. The Bertz CT molecular complexity index is 1380. The van der Waals surface area contributed by atoms with Crippen LogP contribution in [0.25, 0.3) is 21.9 Å². The summed E-state index contributed by atoms with van der Waals surface area (Å²) in [4.78, 5) is 24.3. The number of anilines is 1. The van der Waals surface area contributed by atoms with Crippen molar-refractivity contribution in [2.45, 2.75) is 10.8 Å². The predicted molar refractivity (Wildman–Crippen MR) is 119 cm³/mol. The summed E-state index contributed by atoms with van der Waals surface area (Å²) in [6.07, 6.45) is 3.24. The number of fused-ring (bicyclic) bond motifs is 2. The Balaban J connectivity index is 1.30. The molecule has 0 atom stereocenters. The van der Waals surface area contributed by atoms with E-state index in [1.165, 1.54) is 6.33 Å². The first-order valence-corrected chi connectivity index (χ1v) is 10.5. The summed E-state index contributed by atoms with van der Waals surface area (Å²) >= 11 is 7.62. The number of H-pyrrole nitrogens is 2.